The zero-order valence-corrected chi connectivity index (χ0v) is 17.8. The highest BCUT2D eigenvalue weighted by Crippen LogP contribution is 2.52. The SMILES string of the molecule is COc1ccc(OC)c2cc3c(cc12)C3=C(c1ccccc1)c1ccc(Br)cc1. The van der Waals surface area contributed by atoms with Gasteiger partial charge in [-0.15, -0.1) is 0 Å². The predicted molar refractivity (Wildman–Crippen MR) is 123 cm³/mol. The van der Waals surface area contributed by atoms with E-state index in [0.717, 1.165) is 26.7 Å². The molecule has 142 valence electrons. The van der Waals surface area contributed by atoms with E-state index in [-0.39, 0.29) is 0 Å². The Labute approximate surface area is 178 Å². The summed E-state index contributed by atoms with van der Waals surface area (Å²) in [6, 6.07) is 27.5. The lowest BCUT2D eigenvalue weighted by atomic mass is 9.96. The van der Waals surface area contributed by atoms with Crippen molar-refractivity contribution in [2.24, 2.45) is 0 Å². The first kappa shape index (κ1) is 18.0. The summed E-state index contributed by atoms with van der Waals surface area (Å²) in [6.07, 6.45) is 0. The van der Waals surface area contributed by atoms with Crippen molar-refractivity contribution in [1.82, 2.24) is 0 Å². The standard InChI is InChI=1S/C26H19BrO2/c1-28-23-12-13-24(29-2)20-15-22-21(14-19(20)23)26(22)25(16-6-4-3-5-7-16)17-8-10-18(27)11-9-17/h3-15H,1-2H3. The van der Waals surface area contributed by atoms with E-state index in [9.17, 15) is 0 Å². The maximum atomic E-state index is 5.61. The van der Waals surface area contributed by atoms with Gasteiger partial charge in [-0.05, 0) is 69.8 Å². The van der Waals surface area contributed by atoms with Crippen LogP contribution in [0.3, 0.4) is 0 Å². The maximum Gasteiger partial charge on any atom is 0.126 e. The summed E-state index contributed by atoms with van der Waals surface area (Å²) in [5.41, 5.74) is 7.49. The van der Waals surface area contributed by atoms with Crippen LogP contribution in [0.1, 0.15) is 22.3 Å². The molecule has 29 heavy (non-hydrogen) atoms. The van der Waals surface area contributed by atoms with Crippen LogP contribution in [0.25, 0.3) is 21.9 Å². The summed E-state index contributed by atoms with van der Waals surface area (Å²) in [4.78, 5) is 0. The van der Waals surface area contributed by atoms with Gasteiger partial charge in [0.2, 0.25) is 0 Å². The number of hydrogen-bond acceptors (Lipinski definition) is 2. The molecule has 0 aliphatic heterocycles. The average molecular weight is 443 g/mol. The van der Waals surface area contributed by atoms with Crippen molar-refractivity contribution in [2.75, 3.05) is 14.2 Å². The highest BCUT2D eigenvalue weighted by atomic mass is 79.9. The molecule has 0 amide bonds. The molecule has 1 aliphatic carbocycles. The van der Waals surface area contributed by atoms with Gasteiger partial charge in [0.25, 0.3) is 0 Å². The molecule has 0 fully saturated rings. The van der Waals surface area contributed by atoms with Gasteiger partial charge in [-0.25, -0.2) is 0 Å². The van der Waals surface area contributed by atoms with Crippen LogP contribution in [0, 0.1) is 0 Å². The monoisotopic (exact) mass is 442 g/mol. The van der Waals surface area contributed by atoms with Crippen LogP contribution in [0.4, 0.5) is 0 Å². The van der Waals surface area contributed by atoms with Crippen LogP contribution < -0.4 is 9.47 Å². The van der Waals surface area contributed by atoms with Gasteiger partial charge in [-0.2, -0.15) is 0 Å². The molecule has 0 saturated heterocycles. The number of rotatable bonds is 4. The first-order valence-electron chi connectivity index (χ1n) is 9.46. The minimum absolute atomic E-state index is 0.861. The smallest absolute Gasteiger partial charge is 0.126 e. The maximum absolute atomic E-state index is 5.61. The minimum atomic E-state index is 0.861. The van der Waals surface area contributed by atoms with Gasteiger partial charge in [0, 0.05) is 15.2 Å². The largest absolute Gasteiger partial charge is 0.496 e. The van der Waals surface area contributed by atoms with Gasteiger partial charge in [0.1, 0.15) is 11.5 Å². The van der Waals surface area contributed by atoms with Gasteiger partial charge >= 0.3 is 0 Å². The van der Waals surface area contributed by atoms with Gasteiger partial charge in [0.05, 0.1) is 14.2 Å². The van der Waals surface area contributed by atoms with Crippen molar-refractivity contribution in [2.45, 2.75) is 0 Å². The molecular weight excluding hydrogens is 424 g/mol. The zero-order chi connectivity index (χ0) is 20.0. The van der Waals surface area contributed by atoms with E-state index in [1.165, 1.54) is 33.4 Å². The van der Waals surface area contributed by atoms with Crippen LogP contribution in [0.2, 0.25) is 0 Å². The molecule has 0 heterocycles. The molecule has 0 radical (unpaired) electrons. The third kappa shape index (κ3) is 3.02. The predicted octanol–water partition coefficient (Wildman–Crippen LogP) is 6.94. The molecule has 0 aromatic heterocycles. The van der Waals surface area contributed by atoms with E-state index >= 15 is 0 Å². The Morgan fingerprint density at radius 1 is 0.655 bits per heavy atom. The molecule has 3 heteroatoms. The Morgan fingerprint density at radius 2 is 1.17 bits per heavy atom. The fourth-order valence-electron chi connectivity index (χ4n) is 4.00. The summed E-state index contributed by atoms with van der Waals surface area (Å²) in [5.74, 6) is 1.72. The fourth-order valence-corrected chi connectivity index (χ4v) is 4.27. The topological polar surface area (TPSA) is 18.5 Å². The molecule has 0 saturated carbocycles. The molecular formula is C26H19BrO2. The van der Waals surface area contributed by atoms with Crippen molar-refractivity contribution in [1.29, 1.82) is 0 Å². The van der Waals surface area contributed by atoms with E-state index in [2.05, 4.69) is 82.7 Å². The second-order valence-electron chi connectivity index (χ2n) is 7.04. The van der Waals surface area contributed by atoms with Crippen LogP contribution in [-0.4, -0.2) is 14.2 Å². The lowest BCUT2D eigenvalue weighted by molar-refractivity contribution is 0.410. The lowest BCUT2D eigenvalue weighted by Gasteiger charge is -2.08. The lowest BCUT2D eigenvalue weighted by Crippen LogP contribution is -1.88. The molecule has 0 atom stereocenters. The summed E-state index contributed by atoms with van der Waals surface area (Å²) < 4.78 is 12.3. The van der Waals surface area contributed by atoms with E-state index < -0.39 is 0 Å². The first-order chi connectivity index (χ1) is 14.2. The summed E-state index contributed by atoms with van der Waals surface area (Å²) in [5, 5.41) is 2.15. The second kappa shape index (κ2) is 7.09. The molecule has 1 aliphatic rings. The van der Waals surface area contributed by atoms with Gasteiger partial charge in [-0.3, -0.25) is 0 Å². The summed E-state index contributed by atoms with van der Waals surface area (Å²) >= 11 is 3.55. The highest BCUT2D eigenvalue weighted by molar-refractivity contribution is 9.10. The summed E-state index contributed by atoms with van der Waals surface area (Å²) in [6.45, 7) is 0. The molecule has 5 rings (SSSR count). The van der Waals surface area contributed by atoms with Crippen LogP contribution in [0.5, 0.6) is 11.5 Å². The molecule has 0 N–H and O–H groups in total. The molecule has 0 spiro atoms. The summed E-state index contributed by atoms with van der Waals surface area (Å²) in [7, 11) is 3.42. The normalized spacial score (nSPS) is 11.9. The Bertz CT molecular complexity index is 1200. The molecule has 4 aromatic rings. The number of fused-ring (bicyclic) bond motifs is 2. The first-order valence-corrected chi connectivity index (χ1v) is 10.3. The van der Waals surface area contributed by atoms with Gasteiger partial charge < -0.3 is 9.47 Å². The number of methoxy groups -OCH3 is 2. The van der Waals surface area contributed by atoms with Crippen molar-refractivity contribution in [3.05, 3.63) is 106 Å². The van der Waals surface area contributed by atoms with Crippen molar-refractivity contribution in [3.63, 3.8) is 0 Å². The highest BCUT2D eigenvalue weighted by Gasteiger charge is 2.31. The van der Waals surface area contributed by atoms with Crippen molar-refractivity contribution in [3.8, 4) is 11.5 Å². The Hall–Kier alpha value is -3.04. The van der Waals surface area contributed by atoms with Crippen molar-refractivity contribution < 1.29 is 9.47 Å². The Balaban J connectivity index is 1.77. The molecule has 2 nitrogen and oxygen atoms in total. The number of hydrogen-bond donors (Lipinski definition) is 0. The molecule has 4 aromatic carbocycles. The number of ether oxygens (including phenoxy) is 2. The Kier molecular flexibility index (Phi) is 4.40. The molecule has 0 bridgehead atoms. The second-order valence-corrected chi connectivity index (χ2v) is 7.95. The third-order valence-electron chi connectivity index (χ3n) is 5.44. The van der Waals surface area contributed by atoms with Crippen LogP contribution in [-0.2, 0) is 0 Å². The van der Waals surface area contributed by atoms with E-state index in [0.29, 0.717) is 0 Å². The van der Waals surface area contributed by atoms with Gasteiger partial charge in [-0.1, -0.05) is 58.4 Å². The molecule has 0 unspecified atom stereocenters. The van der Waals surface area contributed by atoms with E-state index in [1.807, 2.05) is 12.1 Å². The number of benzene rings is 4. The number of halogens is 1. The Morgan fingerprint density at radius 3 is 1.69 bits per heavy atom. The average Bonchev–Trinajstić information content (AvgIpc) is 3.46. The zero-order valence-electron chi connectivity index (χ0n) is 16.2. The van der Waals surface area contributed by atoms with E-state index in [4.69, 9.17) is 9.47 Å². The van der Waals surface area contributed by atoms with Gasteiger partial charge in [0.15, 0.2) is 0 Å². The van der Waals surface area contributed by atoms with Crippen LogP contribution in [0.15, 0.2) is 83.3 Å². The third-order valence-corrected chi connectivity index (χ3v) is 5.96. The fraction of sp³-hybridized carbons (Fsp3) is 0.0769. The van der Waals surface area contributed by atoms with Crippen molar-refractivity contribution >= 4 is 37.8 Å². The minimum Gasteiger partial charge on any atom is -0.496 e. The quantitative estimate of drug-likeness (QED) is 0.300. The van der Waals surface area contributed by atoms with Crippen LogP contribution >= 0.6 is 15.9 Å². The van der Waals surface area contributed by atoms with E-state index in [1.54, 1.807) is 14.2 Å².